The summed E-state index contributed by atoms with van der Waals surface area (Å²) in [5.74, 6) is 1.79. The number of nitrogens with two attached hydrogens (primary N) is 1. The molecule has 0 saturated heterocycles. The molecule has 0 aromatic carbocycles. The molecule has 2 aromatic heterocycles. The second kappa shape index (κ2) is 5.60. The highest BCUT2D eigenvalue weighted by Gasteiger charge is 2.33. The standard InChI is InChI=1S/C16H19N3O2/c1-11-2-7-15(21-11)10-19(14-5-6-14)16(20)8-13-4-3-12(17)9-18-13/h2-4,7,9,14H,5-6,8,10,17H2,1H3. The smallest absolute Gasteiger partial charge is 0.229 e. The van der Waals surface area contributed by atoms with E-state index in [1.807, 2.05) is 24.0 Å². The largest absolute Gasteiger partial charge is 0.464 e. The van der Waals surface area contributed by atoms with Crippen molar-refractivity contribution >= 4 is 11.6 Å². The van der Waals surface area contributed by atoms with Crippen molar-refractivity contribution in [1.29, 1.82) is 0 Å². The Morgan fingerprint density at radius 3 is 2.76 bits per heavy atom. The van der Waals surface area contributed by atoms with Gasteiger partial charge in [-0.15, -0.1) is 0 Å². The molecular formula is C16H19N3O2. The fourth-order valence-electron chi connectivity index (χ4n) is 2.34. The quantitative estimate of drug-likeness (QED) is 0.915. The lowest BCUT2D eigenvalue weighted by Crippen LogP contribution is -2.33. The van der Waals surface area contributed by atoms with Crippen molar-refractivity contribution < 1.29 is 9.21 Å². The number of carbonyl (C=O) groups excluding carboxylic acids is 1. The van der Waals surface area contributed by atoms with Gasteiger partial charge in [0.15, 0.2) is 0 Å². The van der Waals surface area contributed by atoms with E-state index >= 15 is 0 Å². The Morgan fingerprint density at radius 1 is 1.38 bits per heavy atom. The number of carbonyl (C=O) groups is 1. The van der Waals surface area contributed by atoms with Crippen molar-refractivity contribution in [2.75, 3.05) is 5.73 Å². The summed E-state index contributed by atoms with van der Waals surface area (Å²) in [4.78, 5) is 18.6. The zero-order valence-corrected chi connectivity index (χ0v) is 12.1. The molecule has 0 atom stereocenters. The van der Waals surface area contributed by atoms with Gasteiger partial charge in [-0.05, 0) is 44.0 Å². The number of nitrogens with zero attached hydrogens (tertiary/aromatic N) is 2. The maximum absolute atomic E-state index is 12.5. The Kier molecular flexibility index (Phi) is 3.64. The number of aryl methyl sites for hydroxylation is 1. The Labute approximate surface area is 123 Å². The highest BCUT2D eigenvalue weighted by molar-refractivity contribution is 5.79. The van der Waals surface area contributed by atoms with Crippen LogP contribution in [0.25, 0.3) is 0 Å². The molecule has 0 spiro atoms. The Balaban J connectivity index is 1.68. The van der Waals surface area contributed by atoms with Crippen LogP contribution in [0, 0.1) is 6.92 Å². The molecule has 1 fully saturated rings. The van der Waals surface area contributed by atoms with Crippen LogP contribution in [0.5, 0.6) is 0 Å². The molecule has 1 amide bonds. The molecule has 0 radical (unpaired) electrons. The molecule has 2 N–H and O–H groups in total. The van der Waals surface area contributed by atoms with Gasteiger partial charge in [-0.3, -0.25) is 9.78 Å². The third kappa shape index (κ3) is 3.42. The lowest BCUT2D eigenvalue weighted by molar-refractivity contribution is -0.132. The van der Waals surface area contributed by atoms with Gasteiger partial charge < -0.3 is 15.1 Å². The van der Waals surface area contributed by atoms with Crippen LogP contribution in [-0.4, -0.2) is 21.8 Å². The lowest BCUT2D eigenvalue weighted by atomic mass is 10.2. The molecule has 1 aliphatic carbocycles. The summed E-state index contributed by atoms with van der Waals surface area (Å²) in [5, 5.41) is 0. The zero-order valence-electron chi connectivity index (χ0n) is 12.1. The second-order valence-electron chi connectivity index (χ2n) is 5.52. The van der Waals surface area contributed by atoms with E-state index in [0.717, 1.165) is 30.1 Å². The van der Waals surface area contributed by atoms with Crippen LogP contribution in [-0.2, 0) is 17.8 Å². The molecule has 5 heteroatoms. The Hall–Kier alpha value is -2.30. The Morgan fingerprint density at radius 2 is 2.19 bits per heavy atom. The number of rotatable bonds is 5. The first kappa shape index (κ1) is 13.7. The highest BCUT2D eigenvalue weighted by atomic mass is 16.3. The van der Waals surface area contributed by atoms with E-state index in [1.165, 1.54) is 0 Å². The molecule has 1 saturated carbocycles. The van der Waals surface area contributed by atoms with E-state index < -0.39 is 0 Å². The molecule has 3 rings (SSSR count). The van der Waals surface area contributed by atoms with Crippen molar-refractivity contribution in [3.63, 3.8) is 0 Å². The molecule has 1 aliphatic rings. The van der Waals surface area contributed by atoms with Crippen LogP contribution >= 0.6 is 0 Å². The number of anilines is 1. The van der Waals surface area contributed by atoms with E-state index in [9.17, 15) is 4.79 Å². The first-order valence-corrected chi connectivity index (χ1v) is 7.17. The van der Waals surface area contributed by atoms with Crippen molar-refractivity contribution in [2.24, 2.45) is 0 Å². The predicted octanol–water partition coefficient (Wildman–Crippen LogP) is 2.30. The predicted molar refractivity (Wildman–Crippen MR) is 79.4 cm³/mol. The average molecular weight is 285 g/mol. The summed E-state index contributed by atoms with van der Waals surface area (Å²) in [7, 11) is 0. The van der Waals surface area contributed by atoms with Gasteiger partial charge in [-0.2, -0.15) is 0 Å². The van der Waals surface area contributed by atoms with Gasteiger partial charge in [0.2, 0.25) is 5.91 Å². The maximum Gasteiger partial charge on any atom is 0.229 e. The first-order chi connectivity index (χ1) is 10.1. The van der Waals surface area contributed by atoms with Crippen molar-refractivity contribution in [3.05, 3.63) is 47.7 Å². The number of hydrogen-bond acceptors (Lipinski definition) is 4. The highest BCUT2D eigenvalue weighted by Crippen LogP contribution is 2.29. The molecule has 21 heavy (non-hydrogen) atoms. The summed E-state index contributed by atoms with van der Waals surface area (Å²) >= 11 is 0. The van der Waals surface area contributed by atoms with E-state index in [-0.39, 0.29) is 5.91 Å². The Bertz CT molecular complexity index is 629. The molecule has 110 valence electrons. The van der Waals surface area contributed by atoms with Gasteiger partial charge in [0, 0.05) is 11.7 Å². The number of amides is 1. The number of pyridine rings is 1. The molecule has 0 aliphatic heterocycles. The van der Waals surface area contributed by atoms with Crippen LogP contribution in [0.2, 0.25) is 0 Å². The van der Waals surface area contributed by atoms with Crippen LogP contribution in [0.3, 0.4) is 0 Å². The molecular weight excluding hydrogens is 266 g/mol. The van der Waals surface area contributed by atoms with Crippen LogP contribution < -0.4 is 5.73 Å². The maximum atomic E-state index is 12.5. The summed E-state index contributed by atoms with van der Waals surface area (Å²) in [5.41, 5.74) is 6.96. The summed E-state index contributed by atoms with van der Waals surface area (Å²) in [6.07, 6.45) is 4.03. The van der Waals surface area contributed by atoms with Gasteiger partial charge >= 0.3 is 0 Å². The van der Waals surface area contributed by atoms with Crippen molar-refractivity contribution in [2.45, 2.75) is 38.8 Å². The summed E-state index contributed by atoms with van der Waals surface area (Å²) in [6.45, 7) is 2.44. The van der Waals surface area contributed by atoms with Gasteiger partial charge in [0.25, 0.3) is 0 Å². The summed E-state index contributed by atoms with van der Waals surface area (Å²) in [6, 6.07) is 7.77. The molecule has 2 aromatic rings. The van der Waals surface area contributed by atoms with Gasteiger partial charge in [-0.1, -0.05) is 0 Å². The SMILES string of the molecule is Cc1ccc(CN(C(=O)Cc2ccc(N)cn2)C2CC2)o1. The molecule has 5 nitrogen and oxygen atoms in total. The molecule has 0 unspecified atom stereocenters. The van der Waals surface area contributed by atoms with Crippen LogP contribution in [0.1, 0.15) is 30.1 Å². The van der Waals surface area contributed by atoms with Gasteiger partial charge in [-0.25, -0.2) is 0 Å². The van der Waals surface area contributed by atoms with E-state index in [1.54, 1.807) is 18.3 Å². The van der Waals surface area contributed by atoms with Crippen LogP contribution in [0.4, 0.5) is 5.69 Å². The monoisotopic (exact) mass is 285 g/mol. The van der Waals surface area contributed by atoms with E-state index in [4.69, 9.17) is 10.2 Å². The number of furan rings is 1. The van der Waals surface area contributed by atoms with Crippen molar-refractivity contribution in [3.8, 4) is 0 Å². The fourth-order valence-corrected chi connectivity index (χ4v) is 2.34. The number of nitrogen functional groups attached to an aromatic ring is 1. The normalized spacial score (nSPS) is 14.1. The van der Waals surface area contributed by atoms with E-state index in [2.05, 4.69) is 4.98 Å². The van der Waals surface area contributed by atoms with E-state index in [0.29, 0.717) is 24.7 Å². The second-order valence-corrected chi connectivity index (χ2v) is 5.52. The summed E-state index contributed by atoms with van der Waals surface area (Å²) < 4.78 is 5.58. The number of hydrogen-bond donors (Lipinski definition) is 1. The average Bonchev–Trinajstić information content (AvgIpc) is 3.21. The minimum absolute atomic E-state index is 0.0869. The van der Waals surface area contributed by atoms with Gasteiger partial charge in [0.1, 0.15) is 11.5 Å². The minimum atomic E-state index is 0.0869. The fraction of sp³-hybridized carbons (Fsp3) is 0.375. The third-order valence-corrected chi connectivity index (χ3v) is 3.61. The molecule has 2 heterocycles. The third-order valence-electron chi connectivity index (χ3n) is 3.61. The van der Waals surface area contributed by atoms with Crippen molar-refractivity contribution in [1.82, 2.24) is 9.88 Å². The number of aromatic nitrogens is 1. The van der Waals surface area contributed by atoms with Crippen LogP contribution in [0.15, 0.2) is 34.9 Å². The topological polar surface area (TPSA) is 72.4 Å². The first-order valence-electron chi connectivity index (χ1n) is 7.17. The minimum Gasteiger partial charge on any atom is -0.464 e. The van der Waals surface area contributed by atoms with Gasteiger partial charge in [0.05, 0.1) is 24.8 Å². The lowest BCUT2D eigenvalue weighted by Gasteiger charge is -2.21. The zero-order chi connectivity index (χ0) is 14.8. The molecule has 0 bridgehead atoms.